The molecule has 0 amide bonds. The second-order valence-electron chi connectivity index (χ2n) is 3.58. The molecule has 1 aromatic rings. The van der Waals surface area contributed by atoms with E-state index in [4.69, 9.17) is 10.8 Å². The van der Waals surface area contributed by atoms with Crippen LogP contribution in [-0.4, -0.2) is 22.2 Å². The van der Waals surface area contributed by atoms with Crippen molar-refractivity contribution in [3.63, 3.8) is 0 Å². The van der Waals surface area contributed by atoms with Gasteiger partial charge in [0.25, 0.3) is 0 Å². The van der Waals surface area contributed by atoms with E-state index in [-0.39, 0.29) is 6.07 Å². The molecule has 0 saturated carbocycles. The summed E-state index contributed by atoms with van der Waals surface area (Å²) in [7, 11) is 0. The Morgan fingerprint density at radius 1 is 1.28 bits per heavy atom. The van der Waals surface area contributed by atoms with E-state index < -0.39 is 41.2 Å². The first-order valence-electron chi connectivity index (χ1n) is 4.67. The number of carboxylic acid groups (broad SMARTS) is 1. The highest BCUT2D eigenvalue weighted by molar-refractivity contribution is 5.74. The first-order chi connectivity index (χ1) is 8.12. The van der Waals surface area contributed by atoms with Gasteiger partial charge in [0.2, 0.25) is 0 Å². The number of hydrogen-bond donors (Lipinski definition) is 3. The van der Waals surface area contributed by atoms with Crippen molar-refractivity contribution in [3.05, 3.63) is 35.1 Å². The third kappa shape index (κ3) is 3.17. The number of aliphatic carboxylic acids is 1. The van der Waals surface area contributed by atoms with Gasteiger partial charge in [-0.1, -0.05) is 0 Å². The summed E-state index contributed by atoms with van der Waals surface area (Å²) < 4.78 is 50.1. The summed E-state index contributed by atoms with van der Waals surface area (Å²) in [5, 5.41) is 17.9. The Bertz CT molecular complexity index is 461. The number of halogens is 4. The molecule has 18 heavy (non-hydrogen) atoms. The van der Waals surface area contributed by atoms with Crippen LogP contribution in [0.3, 0.4) is 0 Å². The largest absolute Gasteiger partial charge is 0.480 e. The van der Waals surface area contributed by atoms with Crippen LogP contribution in [0.15, 0.2) is 18.2 Å². The summed E-state index contributed by atoms with van der Waals surface area (Å²) >= 11 is 0. The quantitative estimate of drug-likeness (QED) is 0.720. The molecule has 100 valence electrons. The van der Waals surface area contributed by atoms with Crippen LogP contribution >= 0.6 is 0 Å². The van der Waals surface area contributed by atoms with Crippen LogP contribution in [0.1, 0.15) is 17.2 Å². The standard InChI is InChI=1S/C10H9F4NO3/c11-6-2-4(8(16)7(15)9(17)18)1-5(3-6)10(12,13)14/h1-3,7-8,16H,15H2,(H,17,18). The fourth-order valence-electron chi connectivity index (χ4n) is 1.29. The van der Waals surface area contributed by atoms with Gasteiger partial charge in [0, 0.05) is 0 Å². The molecular weight excluding hydrogens is 258 g/mol. The number of hydrogen-bond acceptors (Lipinski definition) is 3. The number of carbonyl (C=O) groups is 1. The van der Waals surface area contributed by atoms with Crippen LogP contribution in [0.2, 0.25) is 0 Å². The zero-order valence-corrected chi connectivity index (χ0v) is 8.78. The first-order valence-corrected chi connectivity index (χ1v) is 4.67. The molecule has 4 N–H and O–H groups in total. The van der Waals surface area contributed by atoms with Crippen molar-refractivity contribution in [1.29, 1.82) is 0 Å². The molecule has 0 bridgehead atoms. The van der Waals surface area contributed by atoms with Crippen molar-refractivity contribution in [2.45, 2.75) is 18.3 Å². The van der Waals surface area contributed by atoms with Crippen LogP contribution in [0.25, 0.3) is 0 Å². The molecule has 0 heterocycles. The minimum absolute atomic E-state index is 0.239. The lowest BCUT2D eigenvalue weighted by Crippen LogP contribution is -2.36. The summed E-state index contributed by atoms with van der Waals surface area (Å²) in [6.07, 6.45) is -6.73. The number of benzene rings is 1. The molecule has 1 rings (SSSR count). The molecule has 0 aliphatic heterocycles. The molecule has 4 nitrogen and oxygen atoms in total. The Morgan fingerprint density at radius 2 is 1.83 bits per heavy atom. The fraction of sp³-hybridized carbons (Fsp3) is 0.300. The monoisotopic (exact) mass is 267 g/mol. The van der Waals surface area contributed by atoms with E-state index in [1.807, 2.05) is 0 Å². The molecule has 8 heteroatoms. The van der Waals surface area contributed by atoms with E-state index in [1.165, 1.54) is 0 Å². The van der Waals surface area contributed by atoms with Crippen LogP contribution < -0.4 is 5.73 Å². The SMILES string of the molecule is NC(C(=O)O)C(O)c1cc(F)cc(C(F)(F)F)c1. The molecule has 0 fully saturated rings. The van der Waals surface area contributed by atoms with Crippen LogP contribution in [0.4, 0.5) is 17.6 Å². The first kappa shape index (κ1) is 14.4. The van der Waals surface area contributed by atoms with Crippen molar-refractivity contribution in [3.8, 4) is 0 Å². The summed E-state index contributed by atoms with van der Waals surface area (Å²) in [5.41, 5.74) is 3.18. The van der Waals surface area contributed by atoms with Crippen molar-refractivity contribution in [2.24, 2.45) is 5.73 Å². The summed E-state index contributed by atoms with van der Waals surface area (Å²) in [6, 6.07) is -0.547. The highest BCUT2D eigenvalue weighted by atomic mass is 19.4. The highest BCUT2D eigenvalue weighted by Gasteiger charge is 2.33. The van der Waals surface area contributed by atoms with Gasteiger partial charge in [-0.05, 0) is 23.8 Å². The van der Waals surface area contributed by atoms with Crippen LogP contribution in [0, 0.1) is 5.82 Å². The summed E-state index contributed by atoms with van der Waals surface area (Å²) in [4.78, 5) is 10.5. The Kier molecular flexibility index (Phi) is 3.92. The van der Waals surface area contributed by atoms with Gasteiger partial charge in [-0.2, -0.15) is 13.2 Å². The minimum atomic E-state index is -4.80. The van der Waals surface area contributed by atoms with E-state index in [0.29, 0.717) is 12.1 Å². The topological polar surface area (TPSA) is 83.6 Å². The number of nitrogens with two attached hydrogens (primary N) is 1. The van der Waals surface area contributed by atoms with E-state index >= 15 is 0 Å². The van der Waals surface area contributed by atoms with Crippen molar-refractivity contribution in [2.75, 3.05) is 0 Å². The zero-order chi connectivity index (χ0) is 14.1. The third-order valence-corrected chi connectivity index (χ3v) is 2.21. The maximum atomic E-state index is 13.0. The van der Waals surface area contributed by atoms with Crippen molar-refractivity contribution in [1.82, 2.24) is 0 Å². The van der Waals surface area contributed by atoms with Gasteiger partial charge in [0.1, 0.15) is 18.0 Å². The number of rotatable bonds is 3. The molecule has 0 aliphatic carbocycles. The number of aliphatic hydroxyl groups is 1. The average molecular weight is 267 g/mol. The maximum absolute atomic E-state index is 13.0. The number of alkyl halides is 3. The van der Waals surface area contributed by atoms with Gasteiger partial charge in [-0.15, -0.1) is 0 Å². The summed E-state index contributed by atoms with van der Waals surface area (Å²) in [6.45, 7) is 0. The van der Waals surface area contributed by atoms with E-state index in [0.717, 1.165) is 0 Å². The number of carboxylic acids is 1. The molecule has 0 aliphatic rings. The van der Waals surface area contributed by atoms with Crippen molar-refractivity contribution < 1.29 is 32.6 Å². The lowest BCUT2D eigenvalue weighted by molar-refractivity contribution is -0.141. The van der Waals surface area contributed by atoms with E-state index in [2.05, 4.69) is 0 Å². The van der Waals surface area contributed by atoms with E-state index in [9.17, 15) is 27.5 Å². The second kappa shape index (κ2) is 4.91. The van der Waals surface area contributed by atoms with Crippen molar-refractivity contribution >= 4 is 5.97 Å². The molecule has 0 aromatic heterocycles. The predicted octanol–water partition coefficient (Wildman–Crippen LogP) is 1.29. The average Bonchev–Trinajstić information content (AvgIpc) is 2.24. The normalized spacial score (nSPS) is 15.2. The maximum Gasteiger partial charge on any atom is 0.416 e. The Balaban J connectivity index is 3.18. The second-order valence-corrected chi connectivity index (χ2v) is 3.58. The third-order valence-electron chi connectivity index (χ3n) is 2.21. The van der Waals surface area contributed by atoms with Gasteiger partial charge >= 0.3 is 12.1 Å². The highest BCUT2D eigenvalue weighted by Crippen LogP contribution is 2.32. The van der Waals surface area contributed by atoms with Gasteiger partial charge in [0.15, 0.2) is 0 Å². The Labute approximate surface area is 98.6 Å². The lowest BCUT2D eigenvalue weighted by atomic mass is 10.0. The molecular formula is C10H9F4NO3. The molecule has 2 unspecified atom stereocenters. The Morgan fingerprint density at radius 3 is 2.28 bits per heavy atom. The smallest absolute Gasteiger partial charge is 0.416 e. The van der Waals surface area contributed by atoms with Gasteiger partial charge < -0.3 is 15.9 Å². The van der Waals surface area contributed by atoms with Gasteiger partial charge in [-0.25, -0.2) is 4.39 Å². The van der Waals surface area contributed by atoms with Crippen LogP contribution in [-0.2, 0) is 11.0 Å². The van der Waals surface area contributed by atoms with Gasteiger partial charge in [-0.3, -0.25) is 4.79 Å². The van der Waals surface area contributed by atoms with E-state index in [1.54, 1.807) is 0 Å². The van der Waals surface area contributed by atoms with Gasteiger partial charge in [0.05, 0.1) is 5.56 Å². The molecule has 0 spiro atoms. The number of aliphatic hydroxyl groups excluding tert-OH is 1. The summed E-state index contributed by atoms with van der Waals surface area (Å²) in [5.74, 6) is -2.85. The minimum Gasteiger partial charge on any atom is -0.480 e. The predicted molar refractivity (Wildman–Crippen MR) is 52.0 cm³/mol. The molecule has 2 atom stereocenters. The Hall–Kier alpha value is -1.67. The molecule has 0 saturated heterocycles. The van der Waals surface area contributed by atoms with Crippen LogP contribution in [0.5, 0.6) is 0 Å². The molecule has 1 aromatic carbocycles. The lowest BCUT2D eigenvalue weighted by Gasteiger charge is -2.17. The zero-order valence-electron chi connectivity index (χ0n) is 8.78. The fourth-order valence-corrected chi connectivity index (χ4v) is 1.29. The molecule has 0 radical (unpaired) electrons.